The van der Waals surface area contributed by atoms with E-state index < -0.39 is 0 Å². The summed E-state index contributed by atoms with van der Waals surface area (Å²) in [4.78, 5) is 18.0. The Morgan fingerprint density at radius 2 is 2.16 bits per heavy atom. The van der Waals surface area contributed by atoms with Crippen molar-refractivity contribution in [2.24, 2.45) is 4.99 Å². The highest BCUT2D eigenvalue weighted by Gasteiger charge is 2.25. The molecule has 138 valence electrons. The first-order chi connectivity index (χ1) is 12.2. The van der Waals surface area contributed by atoms with Gasteiger partial charge in [-0.1, -0.05) is 19.8 Å². The number of hydrogen-bond acceptors (Lipinski definition) is 3. The third-order valence-corrected chi connectivity index (χ3v) is 5.21. The van der Waals surface area contributed by atoms with Crippen LogP contribution in [-0.4, -0.2) is 52.7 Å². The first-order valence-corrected chi connectivity index (χ1v) is 9.48. The van der Waals surface area contributed by atoms with Crippen LogP contribution in [0.4, 0.5) is 0 Å². The number of aromatic nitrogens is 2. The average Bonchev–Trinajstić information content (AvgIpc) is 3.38. The molecule has 7 heteroatoms. The van der Waals surface area contributed by atoms with Crippen molar-refractivity contribution < 1.29 is 4.79 Å². The number of aliphatic imine (C=N–C) groups is 1. The summed E-state index contributed by atoms with van der Waals surface area (Å²) in [5.74, 6) is 0.996. The van der Waals surface area contributed by atoms with Crippen LogP contribution in [0.2, 0.25) is 0 Å². The summed E-state index contributed by atoms with van der Waals surface area (Å²) in [5.41, 5.74) is 1.03. The zero-order chi connectivity index (χ0) is 17.6. The normalized spacial score (nSPS) is 21.8. The fraction of sp³-hybridized carbons (Fsp3) is 0.722. The Morgan fingerprint density at radius 1 is 1.36 bits per heavy atom. The standard InChI is InChI=1S/C18H30N6O/c1-3-17(25)23-10-8-15(13-23)21-18(19-2)20-12-14-9-11-24(22-14)16-6-4-5-7-16/h9,11,15-16H,3-8,10,12-13H2,1-2H3,(H2,19,20,21). The van der Waals surface area contributed by atoms with Gasteiger partial charge in [0.25, 0.3) is 0 Å². The van der Waals surface area contributed by atoms with Crippen LogP contribution in [0.15, 0.2) is 17.3 Å². The van der Waals surface area contributed by atoms with Crippen molar-refractivity contribution in [2.75, 3.05) is 20.1 Å². The number of carbonyl (C=O) groups excluding carboxylic acids is 1. The largest absolute Gasteiger partial charge is 0.352 e. The number of carbonyl (C=O) groups is 1. The van der Waals surface area contributed by atoms with Gasteiger partial charge in [-0.3, -0.25) is 14.5 Å². The van der Waals surface area contributed by atoms with E-state index >= 15 is 0 Å². The fourth-order valence-electron chi connectivity index (χ4n) is 3.73. The Hall–Kier alpha value is -2.05. The lowest BCUT2D eigenvalue weighted by atomic mass is 10.3. The van der Waals surface area contributed by atoms with Gasteiger partial charge >= 0.3 is 0 Å². The number of likely N-dealkylation sites (tertiary alicyclic amines) is 1. The number of amides is 1. The van der Waals surface area contributed by atoms with E-state index in [1.165, 1.54) is 25.7 Å². The number of guanidine groups is 1. The second kappa shape index (κ2) is 8.36. The van der Waals surface area contributed by atoms with Crippen LogP contribution in [0.3, 0.4) is 0 Å². The summed E-state index contributed by atoms with van der Waals surface area (Å²) in [6.45, 7) is 4.15. The van der Waals surface area contributed by atoms with Crippen molar-refractivity contribution in [3.8, 4) is 0 Å². The zero-order valence-corrected chi connectivity index (χ0v) is 15.4. The maximum Gasteiger partial charge on any atom is 0.222 e. The lowest BCUT2D eigenvalue weighted by Crippen LogP contribution is -2.44. The highest BCUT2D eigenvalue weighted by molar-refractivity contribution is 5.80. The van der Waals surface area contributed by atoms with E-state index in [1.54, 1.807) is 7.05 Å². The minimum absolute atomic E-state index is 0.227. The van der Waals surface area contributed by atoms with E-state index in [0.717, 1.165) is 31.2 Å². The average molecular weight is 346 g/mol. The number of nitrogens with one attached hydrogen (secondary N) is 2. The fourth-order valence-corrected chi connectivity index (χ4v) is 3.73. The third-order valence-electron chi connectivity index (χ3n) is 5.21. The van der Waals surface area contributed by atoms with Crippen LogP contribution in [0.25, 0.3) is 0 Å². The Labute approximate surface area is 149 Å². The molecule has 0 bridgehead atoms. The van der Waals surface area contributed by atoms with Gasteiger partial charge < -0.3 is 15.5 Å². The summed E-state index contributed by atoms with van der Waals surface area (Å²) in [7, 11) is 1.77. The second-order valence-corrected chi connectivity index (χ2v) is 6.97. The van der Waals surface area contributed by atoms with E-state index in [2.05, 4.69) is 32.6 Å². The van der Waals surface area contributed by atoms with Crippen LogP contribution in [-0.2, 0) is 11.3 Å². The molecule has 1 unspecified atom stereocenters. The van der Waals surface area contributed by atoms with Gasteiger partial charge in [0.2, 0.25) is 5.91 Å². The molecule has 1 aromatic rings. The molecule has 2 N–H and O–H groups in total. The molecule has 1 aliphatic carbocycles. The van der Waals surface area contributed by atoms with Gasteiger partial charge in [-0.15, -0.1) is 0 Å². The van der Waals surface area contributed by atoms with E-state index in [4.69, 9.17) is 5.10 Å². The Bertz CT molecular complexity index is 604. The SMILES string of the molecule is CCC(=O)N1CCC(NC(=NC)NCc2ccn(C3CCCC3)n2)C1. The third kappa shape index (κ3) is 4.52. The Morgan fingerprint density at radius 3 is 2.88 bits per heavy atom. The lowest BCUT2D eigenvalue weighted by Gasteiger charge is -2.18. The molecule has 1 atom stereocenters. The number of hydrogen-bond donors (Lipinski definition) is 2. The summed E-state index contributed by atoms with van der Waals surface area (Å²) in [5, 5.41) is 11.4. The number of nitrogens with zero attached hydrogens (tertiary/aromatic N) is 4. The minimum Gasteiger partial charge on any atom is -0.352 e. The van der Waals surface area contributed by atoms with Crippen LogP contribution in [0.5, 0.6) is 0 Å². The molecule has 0 spiro atoms. The first-order valence-electron chi connectivity index (χ1n) is 9.48. The van der Waals surface area contributed by atoms with E-state index in [0.29, 0.717) is 19.0 Å². The number of rotatable bonds is 5. The molecule has 3 rings (SSSR count). The van der Waals surface area contributed by atoms with Gasteiger partial charge in [0.05, 0.1) is 18.3 Å². The molecule has 1 aliphatic heterocycles. The molecule has 0 radical (unpaired) electrons. The second-order valence-electron chi connectivity index (χ2n) is 6.97. The molecule has 0 aromatic carbocycles. The summed E-state index contributed by atoms with van der Waals surface area (Å²) < 4.78 is 2.12. The highest BCUT2D eigenvalue weighted by atomic mass is 16.2. The Kier molecular flexibility index (Phi) is 5.94. The Balaban J connectivity index is 1.46. The lowest BCUT2D eigenvalue weighted by molar-refractivity contribution is -0.129. The van der Waals surface area contributed by atoms with Gasteiger partial charge in [0, 0.05) is 38.8 Å². The molecular formula is C18H30N6O. The quantitative estimate of drug-likeness (QED) is 0.628. The molecular weight excluding hydrogens is 316 g/mol. The van der Waals surface area contributed by atoms with Crippen LogP contribution in [0.1, 0.15) is 57.2 Å². The first kappa shape index (κ1) is 17.8. The van der Waals surface area contributed by atoms with E-state index in [9.17, 15) is 4.79 Å². The maximum atomic E-state index is 11.8. The molecule has 1 saturated carbocycles. The minimum atomic E-state index is 0.227. The van der Waals surface area contributed by atoms with Crippen LogP contribution >= 0.6 is 0 Å². The predicted molar refractivity (Wildman–Crippen MR) is 98.3 cm³/mol. The summed E-state index contributed by atoms with van der Waals surface area (Å²) in [6.07, 6.45) is 8.74. The molecule has 7 nitrogen and oxygen atoms in total. The van der Waals surface area contributed by atoms with E-state index in [1.807, 2.05) is 11.8 Å². The topological polar surface area (TPSA) is 74.6 Å². The van der Waals surface area contributed by atoms with Crippen LogP contribution in [0, 0.1) is 0 Å². The molecule has 25 heavy (non-hydrogen) atoms. The van der Waals surface area contributed by atoms with Crippen molar-refractivity contribution in [1.82, 2.24) is 25.3 Å². The molecule has 1 aromatic heterocycles. The van der Waals surface area contributed by atoms with Crippen molar-refractivity contribution >= 4 is 11.9 Å². The highest BCUT2D eigenvalue weighted by Crippen LogP contribution is 2.28. The van der Waals surface area contributed by atoms with Gasteiger partial charge in [-0.2, -0.15) is 5.10 Å². The van der Waals surface area contributed by atoms with E-state index in [-0.39, 0.29) is 11.9 Å². The van der Waals surface area contributed by atoms with Crippen molar-refractivity contribution in [3.05, 3.63) is 18.0 Å². The smallest absolute Gasteiger partial charge is 0.222 e. The molecule has 2 fully saturated rings. The zero-order valence-electron chi connectivity index (χ0n) is 15.4. The van der Waals surface area contributed by atoms with Gasteiger partial charge in [-0.05, 0) is 25.3 Å². The van der Waals surface area contributed by atoms with Gasteiger partial charge in [-0.25, -0.2) is 0 Å². The molecule has 1 amide bonds. The molecule has 2 heterocycles. The predicted octanol–water partition coefficient (Wildman–Crippen LogP) is 1.67. The maximum absolute atomic E-state index is 11.8. The molecule has 2 aliphatic rings. The summed E-state index contributed by atoms with van der Waals surface area (Å²) >= 11 is 0. The van der Waals surface area contributed by atoms with Crippen LogP contribution < -0.4 is 10.6 Å². The van der Waals surface area contributed by atoms with Crippen molar-refractivity contribution in [2.45, 2.75) is 64.1 Å². The van der Waals surface area contributed by atoms with Crippen molar-refractivity contribution in [1.29, 1.82) is 0 Å². The summed E-state index contributed by atoms with van der Waals surface area (Å²) in [6, 6.07) is 2.92. The van der Waals surface area contributed by atoms with Crippen molar-refractivity contribution in [3.63, 3.8) is 0 Å². The van der Waals surface area contributed by atoms with Gasteiger partial charge in [0.15, 0.2) is 5.96 Å². The monoisotopic (exact) mass is 346 g/mol. The molecule has 1 saturated heterocycles. The van der Waals surface area contributed by atoms with Gasteiger partial charge in [0.1, 0.15) is 0 Å².